The zero-order valence-corrected chi connectivity index (χ0v) is 10.8. The average molecular weight is 256 g/mol. The maximum absolute atomic E-state index is 5.48. The van der Waals surface area contributed by atoms with Crippen LogP contribution in [-0.4, -0.2) is 11.8 Å². The maximum Gasteiger partial charge on any atom is 0.148 e. The first-order valence-electron chi connectivity index (χ1n) is 6.06. The number of aromatic nitrogens is 1. The first kappa shape index (κ1) is 13.2. The number of ether oxygens (including phenoxy) is 1. The predicted molar refractivity (Wildman–Crippen MR) is 72.6 cm³/mol. The lowest BCUT2D eigenvalue weighted by atomic mass is 10.2. The summed E-state index contributed by atoms with van der Waals surface area (Å²) in [5.74, 6) is 4.09. The molecule has 0 bridgehead atoms. The Labute approximate surface area is 112 Å². The van der Waals surface area contributed by atoms with Crippen LogP contribution in [0.2, 0.25) is 0 Å². The Morgan fingerprint density at radius 2 is 2.21 bits per heavy atom. The summed E-state index contributed by atoms with van der Waals surface area (Å²) in [7, 11) is 0. The lowest BCUT2D eigenvalue weighted by molar-refractivity contribution is 0.364. The van der Waals surface area contributed by atoms with Crippen molar-refractivity contribution in [3.8, 4) is 18.1 Å². The van der Waals surface area contributed by atoms with Crippen molar-refractivity contribution in [3.63, 3.8) is 0 Å². The van der Waals surface area contributed by atoms with Crippen LogP contribution in [0.3, 0.4) is 0 Å². The van der Waals surface area contributed by atoms with Crippen LogP contribution < -0.4 is 10.1 Å². The van der Waals surface area contributed by atoms with Gasteiger partial charge in [-0.2, -0.15) is 0 Å². The Bertz CT molecular complexity index is 570. The number of terminal acetylenes is 1. The van der Waals surface area contributed by atoms with Gasteiger partial charge in [0.25, 0.3) is 0 Å². The fraction of sp³-hybridized carbons (Fsp3) is 0.267. The van der Waals surface area contributed by atoms with Crippen molar-refractivity contribution < 1.29 is 9.26 Å². The van der Waals surface area contributed by atoms with E-state index in [-0.39, 0.29) is 6.61 Å². The SMILES string of the molecule is C#CCOc1ccccc1CNCc1cc(C)on1. The summed E-state index contributed by atoms with van der Waals surface area (Å²) in [4.78, 5) is 0. The maximum atomic E-state index is 5.48. The van der Waals surface area contributed by atoms with Gasteiger partial charge in [-0.1, -0.05) is 29.3 Å². The number of hydrogen-bond donors (Lipinski definition) is 1. The Morgan fingerprint density at radius 3 is 2.95 bits per heavy atom. The molecule has 0 aliphatic carbocycles. The third kappa shape index (κ3) is 3.87. The summed E-state index contributed by atoms with van der Waals surface area (Å²) in [6, 6.07) is 9.73. The summed E-state index contributed by atoms with van der Waals surface area (Å²) >= 11 is 0. The Kier molecular flexibility index (Phi) is 4.60. The average Bonchev–Trinajstić information content (AvgIpc) is 2.83. The number of benzene rings is 1. The third-order valence-electron chi connectivity index (χ3n) is 2.58. The first-order chi connectivity index (χ1) is 9.29. The lowest BCUT2D eigenvalue weighted by Gasteiger charge is -2.09. The molecule has 4 nitrogen and oxygen atoms in total. The topological polar surface area (TPSA) is 47.3 Å². The molecule has 4 heteroatoms. The summed E-state index contributed by atoms with van der Waals surface area (Å²) < 4.78 is 10.5. The first-order valence-corrected chi connectivity index (χ1v) is 6.06. The fourth-order valence-electron chi connectivity index (χ4n) is 1.74. The van der Waals surface area contributed by atoms with Crippen LogP contribution in [0.1, 0.15) is 17.0 Å². The van der Waals surface area contributed by atoms with Crippen LogP contribution in [0.5, 0.6) is 5.75 Å². The van der Waals surface area contributed by atoms with Crippen molar-refractivity contribution in [3.05, 3.63) is 47.3 Å². The van der Waals surface area contributed by atoms with E-state index in [9.17, 15) is 0 Å². The molecule has 0 fully saturated rings. The zero-order valence-electron chi connectivity index (χ0n) is 10.8. The van der Waals surface area contributed by atoms with Gasteiger partial charge in [0.1, 0.15) is 18.1 Å². The van der Waals surface area contributed by atoms with E-state index in [1.807, 2.05) is 37.3 Å². The van der Waals surface area contributed by atoms with Gasteiger partial charge in [0.05, 0.1) is 5.69 Å². The van der Waals surface area contributed by atoms with Crippen LogP contribution in [0.25, 0.3) is 0 Å². The standard InChI is InChI=1S/C15H16N2O2/c1-3-8-18-15-7-5-4-6-13(15)10-16-11-14-9-12(2)19-17-14/h1,4-7,9,16H,8,10-11H2,2H3. The number of hydrogen-bond acceptors (Lipinski definition) is 4. The molecule has 0 atom stereocenters. The van der Waals surface area contributed by atoms with Crippen molar-refractivity contribution in [2.75, 3.05) is 6.61 Å². The highest BCUT2D eigenvalue weighted by Crippen LogP contribution is 2.17. The number of para-hydroxylation sites is 1. The molecular formula is C15H16N2O2. The van der Waals surface area contributed by atoms with E-state index in [1.54, 1.807) is 0 Å². The lowest BCUT2D eigenvalue weighted by Crippen LogP contribution is -2.13. The van der Waals surface area contributed by atoms with Gasteiger partial charge < -0.3 is 14.6 Å². The quantitative estimate of drug-likeness (QED) is 0.805. The van der Waals surface area contributed by atoms with E-state index in [2.05, 4.69) is 16.4 Å². The summed E-state index contributed by atoms with van der Waals surface area (Å²) in [5, 5.41) is 7.22. The molecule has 0 radical (unpaired) electrons. The highest BCUT2D eigenvalue weighted by Gasteiger charge is 2.03. The van der Waals surface area contributed by atoms with E-state index in [1.165, 1.54) is 0 Å². The molecular weight excluding hydrogens is 240 g/mol. The van der Waals surface area contributed by atoms with E-state index < -0.39 is 0 Å². The Morgan fingerprint density at radius 1 is 1.37 bits per heavy atom. The molecule has 0 spiro atoms. The van der Waals surface area contributed by atoms with Crippen molar-refractivity contribution in [2.24, 2.45) is 0 Å². The van der Waals surface area contributed by atoms with Crippen molar-refractivity contribution in [1.82, 2.24) is 10.5 Å². The van der Waals surface area contributed by atoms with Gasteiger partial charge in [0.2, 0.25) is 0 Å². The molecule has 1 N–H and O–H groups in total. The summed E-state index contributed by atoms with van der Waals surface area (Å²) in [6.07, 6.45) is 5.20. The Hall–Kier alpha value is -2.25. The molecule has 0 saturated heterocycles. The van der Waals surface area contributed by atoms with E-state index in [0.717, 1.165) is 22.8 Å². The van der Waals surface area contributed by atoms with E-state index in [0.29, 0.717) is 13.1 Å². The van der Waals surface area contributed by atoms with E-state index >= 15 is 0 Å². The van der Waals surface area contributed by atoms with Gasteiger partial charge in [-0.05, 0) is 13.0 Å². The van der Waals surface area contributed by atoms with Crippen LogP contribution in [0.4, 0.5) is 0 Å². The van der Waals surface area contributed by atoms with Crippen molar-refractivity contribution >= 4 is 0 Å². The molecule has 0 aliphatic heterocycles. The number of aryl methyl sites for hydroxylation is 1. The normalized spacial score (nSPS) is 10.1. The number of rotatable bonds is 6. The molecule has 98 valence electrons. The van der Waals surface area contributed by atoms with Gasteiger partial charge >= 0.3 is 0 Å². The molecule has 1 aromatic heterocycles. The minimum atomic E-state index is 0.277. The van der Waals surface area contributed by atoms with E-state index in [4.69, 9.17) is 15.7 Å². The smallest absolute Gasteiger partial charge is 0.148 e. The largest absolute Gasteiger partial charge is 0.481 e. The second-order valence-corrected chi connectivity index (χ2v) is 4.13. The van der Waals surface area contributed by atoms with Crippen molar-refractivity contribution in [2.45, 2.75) is 20.0 Å². The molecule has 0 saturated carbocycles. The molecule has 2 aromatic rings. The monoisotopic (exact) mass is 256 g/mol. The van der Waals surface area contributed by atoms with Gasteiger partial charge in [-0.3, -0.25) is 0 Å². The zero-order chi connectivity index (χ0) is 13.5. The van der Waals surface area contributed by atoms with Gasteiger partial charge in [0, 0.05) is 24.7 Å². The van der Waals surface area contributed by atoms with Gasteiger partial charge in [-0.25, -0.2) is 0 Å². The van der Waals surface area contributed by atoms with Crippen LogP contribution in [-0.2, 0) is 13.1 Å². The molecule has 0 unspecified atom stereocenters. The molecule has 0 amide bonds. The predicted octanol–water partition coefficient (Wildman–Crippen LogP) is 2.28. The molecule has 1 aromatic carbocycles. The van der Waals surface area contributed by atoms with Crippen LogP contribution >= 0.6 is 0 Å². The van der Waals surface area contributed by atoms with Crippen LogP contribution in [0, 0.1) is 19.3 Å². The highest BCUT2D eigenvalue weighted by molar-refractivity contribution is 5.33. The van der Waals surface area contributed by atoms with Gasteiger partial charge in [-0.15, -0.1) is 6.42 Å². The molecule has 0 aliphatic rings. The molecule has 2 rings (SSSR count). The second kappa shape index (κ2) is 6.62. The third-order valence-corrected chi connectivity index (χ3v) is 2.58. The minimum absolute atomic E-state index is 0.277. The summed E-state index contributed by atoms with van der Waals surface area (Å²) in [5.41, 5.74) is 1.96. The second-order valence-electron chi connectivity index (χ2n) is 4.13. The minimum Gasteiger partial charge on any atom is -0.481 e. The van der Waals surface area contributed by atoms with Gasteiger partial charge in [0.15, 0.2) is 0 Å². The fourth-order valence-corrected chi connectivity index (χ4v) is 1.74. The molecule has 1 heterocycles. The van der Waals surface area contributed by atoms with Crippen LogP contribution in [0.15, 0.2) is 34.9 Å². The molecule has 19 heavy (non-hydrogen) atoms. The number of nitrogens with zero attached hydrogens (tertiary/aromatic N) is 1. The summed E-state index contributed by atoms with van der Waals surface area (Å²) in [6.45, 7) is 3.49. The number of nitrogens with one attached hydrogen (secondary N) is 1. The Balaban J connectivity index is 1.90. The highest BCUT2D eigenvalue weighted by atomic mass is 16.5. The van der Waals surface area contributed by atoms with Crippen molar-refractivity contribution in [1.29, 1.82) is 0 Å².